The molecular formula is C22H26FN5O2. The van der Waals surface area contributed by atoms with E-state index in [1.165, 1.54) is 12.1 Å². The summed E-state index contributed by atoms with van der Waals surface area (Å²) in [5.74, 6) is -0.313. The molecule has 3 unspecified atom stereocenters. The lowest BCUT2D eigenvalue weighted by molar-refractivity contribution is -0.139. The third-order valence-electron chi connectivity index (χ3n) is 5.81. The molecule has 0 radical (unpaired) electrons. The van der Waals surface area contributed by atoms with Gasteiger partial charge in [0.25, 0.3) is 0 Å². The number of hydrazine groups is 1. The number of halogens is 1. The van der Waals surface area contributed by atoms with Crippen LogP contribution in [-0.2, 0) is 16.1 Å². The first-order valence-electron chi connectivity index (χ1n) is 10.3. The highest BCUT2D eigenvalue weighted by Gasteiger charge is 2.32. The lowest BCUT2D eigenvalue weighted by atomic mass is 9.93. The number of carbonyl (C=O) groups excluding carboxylic acids is 2. The predicted molar refractivity (Wildman–Crippen MR) is 109 cm³/mol. The van der Waals surface area contributed by atoms with E-state index in [2.05, 4.69) is 21.2 Å². The second kappa shape index (κ2) is 9.32. The van der Waals surface area contributed by atoms with Crippen LogP contribution < -0.4 is 16.2 Å². The molecule has 2 aromatic rings. The summed E-state index contributed by atoms with van der Waals surface area (Å²) in [4.78, 5) is 31.1. The number of hydrogen-bond acceptors (Lipinski definition) is 5. The SMILES string of the molecule is O=C(NCC1CNNC1c1ccc(F)cc1)C1CCC(=O)N(Cc2ccccn2)C1. The van der Waals surface area contributed by atoms with Crippen LogP contribution >= 0.6 is 0 Å². The van der Waals surface area contributed by atoms with Crippen LogP contribution in [0.3, 0.4) is 0 Å². The van der Waals surface area contributed by atoms with Crippen LogP contribution in [-0.4, -0.2) is 41.3 Å². The summed E-state index contributed by atoms with van der Waals surface area (Å²) in [6.07, 6.45) is 2.64. The van der Waals surface area contributed by atoms with Crippen LogP contribution in [0.1, 0.15) is 30.1 Å². The van der Waals surface area contributed by atoms with E-state index >= 15 is 0 Å². The molecule has 158 valence electrons. The number of hydrogen-bond donors (Lipinski definition) is 3. The molecule has 3 N–H and O–H groups in total. The number of benzene rings is 1. The number of nitrogens with one attached hydrogen (secondary N) is 3. The molecule has 2 fully saturated rings. The number of piperidine rings is 1. The topological polar surface area (TPSA) is 86.4 Å². The number of likely N-dealkylation sites (tertiary alicyclic amines) is 1. The van der Waals surface area contributed by atoms with Gasteiger partial charge < -0.3 is 10.2 Å². The van der Waals surface area contributed by atoms with E-state index in [1.54, 1.807) is 23.2 Å². The Bertz CT molecular complexity index is 877. The van der Waals surface area contributed by atoms with Crippen LogP contribution in [0.5, 0.6) is 0 Å². The molecule has 3 heterocycles. The van der Waals surface area contributed by atoms with Gasteiger partial charge in [0.05, 0.1) is 24.2 Å². The number of nitrogens with zero attached hydrogens (tertiary/aromatic N) is 2. The molecule has 4 rings (SSSR count). The minimum Gasteiger partial charge on any atom is -0.355 e. The summed E-state index contributed by atoms with van der Waals surface area (Å²) in [5, 5.41) is 3.06. The minimum absolute atomic E-state index is 0.000475. The quantitative estimate of drug-likeness (QED) is 0.671. The van der Waals surface area contributed by atoms with E-state index in [9.17, 15) is 14.0 Å². The lowest BCUT2D eigenvalue weighted by Gasteiger charge is -2.32. The summed E-state index contributed by atoms with van der Waals surface area (Å²) in [6, 6.07) is 12.0. The molecule has 0 aliphatic carbocycles. The molecule has 30 heavy (non-hydrogen) atoms. The monoisotopic (exact) mass is 411 g/mol. The number of carbonyl (C=O) groups is 2. The number of amides is 2. The van der Waals surface area contributed by atoms with Crippen molar-refractivity contribution in [1.82, 2.24) is 26.1 Å². The number of rotatable bonds is 6. The molecule has 0 bridgehead atoms. The third kappa shape index (κ3) is 4.83. The van der Waals surface area contributed by atoms with Crippen molar-refractivity contribution in [3.63, 3.8) is 0 Å². The Morgan fingerprint density at radius 2 is 2.07 bits per heavy atom. The van der Waals surface area contributed by atoms with Crippen molar-refractivity contribution in [1.29, 1.82) is 0 Å². The van der Waals surface area contributed by atoms with Gasteiger partial charge in [0.1, 0.15) is 5.82 Å². The van der Waals surface area contributed by atoms with Crippen LogP contribution in [0.25, 0.3) is 0 Å². The molecule has 1 aromatic carbocycles. The van der Waals surface area contributed by atoms with Gasteiger partial charge >= 0.3 is 0 Å². The maximum atomic E-state index is 13.2. The molecule has 2 amide bonds. The van der Waals surface area contributed by atoms with Gasteiger partial charge in [0.15, 0.2) is 0 Å². The number of pyridine rings is 1. The highest BCUT2D eigenvalue weighted by molar-refractivity contribution is 5.83. The van der Waals surface area contributed by atoms with Crippen molar-refractivity contribution in [3.05, 3.63) is 65.7 Å². The van der Waals surface area contributed by atoms with Crippen LogP contribution in [0.4, 0.5) is 4.39 Å². The Balaban J connectivity index is 1.32. The highest BCUT2D eigenvalue weighted by Crippen LogP contribution is 2.25. The maximum absolute atomic E-state index is 13.2. The van der Waals surface area contributed by atoms with Gasteiger partial charge in [0, 0.05) is 38.2 Å². The van der Waals surface area contributed by atoms with Crippen LogP contribution in [0, 0.1) is 17.7 Å². The predicted octanol–water partition coefficient (Wildman–Crippen LogP) is 1.54. The van der Waals surface area contributed by atoms with Gasteiger partial charge in [-0.2, -0.15) is 0 Å². The van der Waals surface area contributed by atoms with E-state index < -0.39 is 0 Å². The maximum Gasteiger partial charge on any atom is 0.224 e. The van der Waals surface area contributed by atoms with Crippen LogP contribution in [0.2, 0.25) is 0 Å². The van der Waals surface area contributed by atoms with Gasteiger partial charge in [-0.25, -0.2) is 9.82 Å². The highest BCUT2D eigenvalue weighted by atomic mass is 19.1. The molecule has 1 aromatic heterocycles. The molecule has 0 saturated carbocycles. The average Bonchev–Trinajstić information content (AvgIpc) is 3.23. The lowest BCUT2D eigenvalue weighted by Crippen LogP contribution is -2.46. The summed E-state index contributed by atoms with van der Waals surface area (Å²) < 4.78 is 13.2. The molecule has 2 aliphatic rings. The normalized spacial score (nSPS) is 24.1. The Hall–Kier alpha value is -2.84. The fourth-order valence-corrected chi connectivity index (χ4v) is 4.10. The smallest absolute Gasteiger partial charge is 0.224 e. The van der Waals surface area contributed by atoms with Crippen molar-refractivity contribution in [2.75, 3.05) is 19.6 Å². The van der Waals surface area contributed by atoms with Crippen molar-refractivity contribution in [2.24, 2.45) is 11.8 Å². The first-order chi connectivity index (χ1) is 14.6. The Kier molecular flexibility index (Phi) is 6.35. The number of aromatic nitrogens is 1. The van der Waals surface area contributed by atoms with Crippen molar-refractivity contribution in [2.45, 2.75) is 25.4 Å². The zero-order valence-electron chi connectivity index (χ0n) is 16.7. The van der Waals surface area contributed by atoms with Crippen molar-refractivity contribution >= 4 is 11.8 Å². The molecule has 3 atom stereocenters. The average molecular weight is 411 g/mol. The molecular weight excluding hydrogens is 385 g/mol. The largest absolute Gasteiger partial charge is 0.355 e. The van der Waals surface area contributed by atoms with Gasteiger partial charge in [-0.15, -0.1) is 0 Å². The molecule has 2 saturated heterocycles. The summed E-state index contributed by atoms with van der Waals surface area (Å²) in [5.41, 5.74) is 8.12. The van der Waals surface area contributed by atoms with E-state index in [-0.39, 0.29) is 35.5 Å². The van der Waals surface area contributed by atoms with Gasteiger partial charge in [-0.1, -0.05) is 18.2 Å². The second-order valence-corrected chi connectivity index (χ2v) is 7.89. The van der Waals surface area contributed by atoms with E-state index in [0.717, 1.165) is 11.3 Å². The minimum atomic E-state index is -0.267. The summed E-state index contributed by atoms with van der Waals surface area (Å²) in [6.45, 7) is 2.04. The van der Waals surface area contributed by atoms with E-state index in [1.807, 2.05) is 18.2 Å². The zero-order valence-corrected chi connectivity index (χ0v) is 16.7. The Labute approximate surface area is 175 Å². The summed E-state index contributed by atoms with van der Waals surface area (Å²) in [7, 11) is 0. The third-order valence-corrected chi connectivity index (χ3v) is 5.81. The summed E-state index contributed by atoms with van der Waals surface area (Å²) >= 11 is 0. The van der Waals surface area contributed by atoms with Gasteiger partial charge in [-0.05, 0) is 36.2 Å². The van der Waals surface area contributed by atoms with Gasteiger partial charge in [-0.3, -0.25) is 20.0 Å². The molecule has 7 nitrogen and oxygen atoms in total. The Morgan fingerprint density at radius 3 is 2.83 bits per heavy atom. The fraction of sp³-hybridized carbons (Fsp3) is 0.409. The van der Waals surface area contributed by atoms with E-state index in [0.29, 0.717) is 39.0 Å². The second-order valence-electron chi connectivity index (χ2n) is 7.89. The van der Waals surface area contributed by atoms with Crippen molar-refractivity contribution < 1.29 is 14.0 Å². The first kappa shape index (κ1) is 20.4. The van der Waals surface area contributed by atoms with Crippen molar-refractivity contribution in [3.8, 4) is 0 Å². The Morgan fingerprint density at radius 1 is 1.23 bits per heavy atom. The zero-order chi connectivity index (χ0) is 20.9. The van der Waals surface area contributed by atoms with Crippen LogP contribution in [0.15, 0.2) is 48.7 Å². The molecule has 2 aliphatic heterocycles. The van der Waals surface area contributed by atoms with E-state index in [4.69, 9.17) is 0 Å². The fourth-order valence-electron chi connectivity index (χ4n) is 4.10. The standard InChI is InChI=1S/C22H26FN5O2/c23-18-7-4-15(5-8-18)21-17(12-26-27-21)11-25-22(30)16-6-9-20(29)28(13-16)14-19-3-1-2-10-24-19/h1-5,7-8,10,16-17,21,26-27H,6,9,11-14H2,(H,25,30). The van der Waals surface area contributed by atoms with Gasteiger partial charge in [0.2, 0.25) is 11.8 Å². The first-order valence-corrected chi connectivity index (χ1v) is 10.3. The molecule has 0 spiro atoms. The molecule has 8 heteroatoms.